The summed E-state index contributed by atoms with van der Waals surface area (Å²) in [6, 6.07) is 12.1. The van der Waals surface area contributed by atoms with Gasteiger partial charge in [-0.15, -0.1) is 0 Å². The van der Waals surface area contributed by atoms with Crippen molar-refractivity contribution in [1.29, 1.82) is 0 Å². The minimum atomic E-state index is 0.127. The Bertz CT molecular complexity index is 644. The second kappa shape index (κ2) is 5.81. The molecule has 2 aromatic rings. The molecule has 0 bridgehead atoms. The molecule has 1 aliphatic heterocycles. The van der Waals surface area contributed by atoms with Crippen molar-refractivity contribution in [3.8, 4) is 0 Å². The molecule has 3 rings (SSSR count). The Hall–Kier alpha value is -1.58. The minimum absolute atomic E-state index is 0.127. The highest BCUT2D eigenvalue weighted by Gasteiger charge is 2.21. The highest BCUT2D eigenvalue weighted by molar-refractivity contribution is 6.41. The average Bonchev–Trinajstić information content (AvgIpc) is 2.91. The molecule has 0 spiro atoms. The molecule has 0 unspecified atom stereocenters. The standard InChI is InChI=1S/C15H12Cl2N2O/c16-13-7-11(8-18-14(13)17)15-19-12(9-20-15)6-10-4-2-1-3-5-10/h1-5,7-8,12H,6,9H2/t12-/m1/s1. The van der Waals surface area contributed by atoms with Gasteiger partial charge in [0.05, 0.1) is 16.6 Å². The van der Waals surface area contributed by atoms with Crippen LogP contribution >= 0.6 is 23.2 Å². The van der Waals surface area contributed by atoms with Crippen LogP contribution in [0, 0.1) is 0 Å². The fourth-order valence-electron chi connectivity index (χ4n) is 2.10. The van der Waals surface area contributed by atoms with E-state index in [-0.39, 0.29) is 11.2 Å². The maximum absolute atomic E-state index is 5.95. The van der Waals surface area contributed by atoms with Crippen molar-refractivity contribution in [1.82, 2.24) is 4.98 Å². The van der Waals surface area contributed by atoms with Gasteiger partial charge in [-0.05, 0) is 18.1 Å². The van der Waals surface area contributed by atoms with Gasteiger partial charge < -0.3 is 4.74 Å². The Balaban J connectivity index is 1.76. The number of ether oxygens (including phenoxy) is 1. The van der Waals surface area contributed by atoms with E-state index < -0.39 is 0 Å². The van der Waals surface area contributed by atoms with E-state index in [1.807, 2.05) is 18.2 Å². The van der Waals surface area contributed by atoms with Gasteiger partial charge in [-0.3, -0.25) is 0 Å². The largest absolute Gasteiger partial charge is 0.475 e. The zero-order valence-corrected chi connectivity index (χ0v) is 12.1. The summed E-state index contributed by atoms with van der Waals surface area (Å²) in [7, 11) is 0. The molecule has 0 saturated heterocycles. The van der Waals surface area contributed by atoms with E-state index in [1.165, 1.54) is 5.56 Å². The third-order valence-electron chi connectivity index (χ3n) is 3.07. The summed E-state index contributed by atoms with van der Waals surface area (Å²) in [4.78, 5) is 8.58. The first-order valence-corrected chi connectivity index (χ1v) is 7.04. The van der Waals surface area contributed by atoms with Crippen LogP contribution in [0.2, 0.25) is 10.2 Å². The van der Waals surface area contributed by atoms with Gasteiger partial charge in [0.2, 0.25) is 5.90 Å². The van der Waals surface area contributed by atoms with Crippen molar-refractivity contribution in [2.45, 2.75) is 12.5 Å². The maximum atomic E-state index is 5.95. The van der Waals surface area contributed by atoms with Crippen LogP contribution < -0.4 is 0 Å². The van der Waals surface area contributed by atoms with Crippen molar-refractivity contribution < 1.29 is 4.74 Å². The lowest BCUT2D eigenvalue weighted by Crippen LogP contribution is -2.09. The lowest BCUT2D eigenvalue weighted by Gasteiger charge is -2.04. The van der Waals surface area contributed by atoms with E-state index >= 15 is 0 Å². The van der Waals surface area contributed by atoms with Gasteiger partial charge in [0.1, 0.15) is 11.8 Å². The van der Waals surface area contributed by atoms with E-state index in [0.29, 0.717) is 17.5 Å². The molecule has 2 heterocycles. The molecule has 102 valence electrons. The first-order valence-electron chi connectivity index (χ1n) is 6.28. The summed E-state index contributed by atoms with van der Waals surface area (Å²) in [5.74, 6) is 0.581. The first-order chi connectivity index (χ1) is 9.72. The van der Waals surface area contributed by atoms with Crippen LogP contribution in [0.3, 0.4) is 0 Å². The monoisotopic (exact) mass is 306 g/mol. The lowest BCUT2D eigenvalue weighted by molar-refractivity contribution is 0.317. The fraction of sp³-hybridized carbons (Fsp3) is 0.200. The van der Waals surface area contributed by atoms with Crippen molar-refractivity contribution in [3.63, 3.8) is 0 Å². The summed E-state index contributed by atoms with van der Waals surface area (Å²) < 4.78 is 5.63. The van der Waals surface area contributed by atoms with Crippen molar-refractivity contribution >= 4 is 29.1 Å². The molecule has 0 saturated carbocycles. The second-order valence-electron chi connectivity index (χ2n) is 4.59. The molecule has 0 N–H and O–H groups in total. The second-order valence-corrected chi connectivity index (χ2v) is 5.35. The van der Waals surface area contributed by atoms with E-state index in [0.717, 1.165) is 12.0 Å². The molecule has 0 amide bonds. The summed E-state index contributed by atoms with van der Waals surface area (Å²) >= 11 is 11.8. The molecule has 5 heteroatoms. The Morgan fingerprint density at radius 1 is 1.20 bits per heavy atom. The number of rotatable bonds is 3. The smallest absolute Gasteiger partial charge is 0.218 e. The van der Waals surface area contributed by atoms with Crippen LogP contribution in [-0.2, 0) is 11.2 Å². The number of hydrogen-bond donors (Lipinski definition) is 0. The third-order valence-corrected chi connectivity index (χ3v) is 3.76. The van der Waals surface area contributed by atoms with Crippen molar-refractivity contribution in [2.75, 3.05) is 6.61 Å². The number of pyridine rings is 1. The normalized spacial score (nSPS) is 17.7. The number of nitrogens with zero attached hydrogens (tertiary/aromatic N) is 2. The SMILES string of the molecule is Clc1cc(C2=N[C@H](Cc3ccccc3)CO2)cnc1Cl. The molecule has 20 heavy (non-hydrogen) atoms. The zero-order chi connectivity index (χ0) is 13.9. The molecule has 0 aliphatic carbocycles. The number of halogens is 2. The van der Waals surface area contributed by atoms with Gasteiger partial charge in [0.15, 0.2) is 0 Å². The van der Waals surface area contributed by atoms with Crippen LogP contribution in [0.1, 0.15) is 11.1 Å². The summed E-state index contributed by atoms with van der Waals surface area (Å²) in [5, 5.41) is 0.692. The fourth-order valence-corrected chi connectivity index (χ4v) is 2.37. The number of aromatic nitrogens is 1. The van der Waals surface area contributed by atoms with Gasteiger partial charge in [-0.1, -0.05) is 53.5 Å². The Morgan fingerprint density at radius 3 is 2.75 bits per heavy atom. The molecule has 1 aromatic carbocycles. The van der Waals surface area contributed by atoms with Crippen LogP contribution in [0.4, 0.5) is 0 Å². The van der Waals surface area contributed by atoms with E-state index in [2.05, 4.69) is 22.1 Å². The quantitative estimate of drug-likeness (QED) is 0.809. The lowest BCUT2D eigenvalue weighted by atomic mass is 10.1. The van der Waals surface area contributed by atoms with E-state index in [1.54, 1.807) is 12.3 Å². The van der Waals surface area contributed by atoms with Crippen molar-refractivity contribution in [2.24, 2.45) is 4.99 Å². The number of hydrogen-bond acceptors (Lipinski definition) is 3. The van der Waals surface area contributed by atoms with Gasteiger partial charge in [-0.2, -0.15) is 0 Å². The van der Waals surface area contributed by atoms with Crippen molar-refractivity contribution in [3.05, 3.63) is 63.9 Å². The van der Waals surface area contributed by atoms with Gasteiger partial charge in [0.25, 0.3) is 0 Å². The summed E-state index contributed by atoms with van der Waals surface area (Å²) in [6.45, 7) is 0.574. The average molecular weight is 307 g/mol. The van der Waals surface area contributed by atoms with Gasteiger partial charge in [0, 0.05) is 6.20 Å². The molecular formula is C15H12Cl2N2O. The number of aliphatic imine (C=N–C) groups is 1. The van der Waals surface area contributed by atoms with Crippen LogP contribution in [0.5, 0.6) is 0 Å². The summed E-state index contributed by atoms with van der Waals surface area (Å²) in [5.41, 5.74) is 2.01. The predicted molar refractivity (Wildman–Crippen MR) is 80.7 cm³/mol. The highest BCUT2D eigenvalue weighted by Crippen LogP contribution is 2.22. The van der Waals surface area contributed by atoms with Gasteiger partial charge >= 0.3 is 0 Å². The predicted octanol–water partition coefficient (Wildman–Crippen LogP) is 3.78. The maximum Gasteiger partial charge on any atom is 0.218 e. The Labute approximate surface area is 127 Å². The van der Waals surface area contributed by atoms with Crippen LogP contribution in [0.15, 0.2) is 47.6 Å². The number of benzene rings is 1. The topological polar surface area (TPSA) is 34.5 Å². The minimum Gasteiger partial charge on any atom is -0.475 e. The van der Waals surface area contributed by atoms with E-state index in [4.69, 9.17) is 27.9 Å². The zero-order valence-electron chi connectivity index (χ0n) is 10.6. The molecule has 1 aliphatic rings. The molecule has 1 aromatic heterocycles. The molecule has 3 nitrogen and oxygen atoms in total. The Morgan fingerprint density at radius 2 is 2.00 bits per heavy atom. The summed E-state index contributed by atoms with van der Waals surface area (Å²) in [6.07, 6.45) is 2.48. The molecule has 0 radical (unpaired) electrons. The Kier molecular flexibility index (Phi) is 3.90. The molecule has 0 fully saturated rings. The third kappa shape index (κ3) is 2.94. The van der Waals surface area contributed by atoms with Crippen LogP contribution in [-0.4, -0.2) is 23.5 Å². The molecular weight excluding hydrogens is 295 g/mol. The first kappa shape index (κ1) is 13.4. The molecule has 1 atom stereocenters. The highest BCUT2D eigenvalue weighted by atomic mass is 35.5. The van der Waals surface area contributed by atoms with E-state index in [9.17, 15) is 0 Å². The van der Waals surface area contributed by atoms with Gasteiger partial charge in [-0.25, -0.2) is 9.98 Å². The van der Waals surface area contributed by atoms with Crippen LogP contribution in [0.25, 0.3) is 0 Å².